The van der Waals surface area contributed by atoms with Crippen LogP contribution < -0.4 is 0 Å². The van der Waals surface area contributed by atoms with Crippen LogP contribution in [0.3, 0.4) is 0 Å². The number of allylic oxidation sites excluding steroid dienone is 5. The Kier molecular flexibility index (Phi) is 6.01. The molecule has 0 heterocycles. The van der Waals surface area contributed by atoms with E-state index in [2.05, 4.69) is 78.5 Å². The van der Waals surface area contributed by atoms with Crippen LogP contribution >= 0.6 is 0 Å². The number of hydrogen-bond acceptors (Lipinski definition) is 0. The van der Waals surface area contributed by atoms with Crippen LogP contribution in [0.25, 0.3) is 5.57 Å². The molecule has 1 aromatic rings. The Hall–Kier alpha value is -1.56. The fourth-order valence-corrected chi connectivity index (χ4v) is 2.27. The summed E-state index contributed by atoms with van der Waals surface area (Å²) in [6.45, 7) is 17.3. The van der Waals surface area contributed by atoms with E-state index in [4.69, 9.17) is 0 Å². The summed E-state index contributed by atoms with van der Waals surface area (Å²) in [7, 11) is 0. The van der Waals surface area contributed by atoms with Gasteiger partial charge in [-0.15, -0.1) is 0 Å². The number of hydrogen-bond donors (Lipinski definition) is 0. The molecular formula is C20H28. The molecule has 0 aliphatic carbocycles. The lowest BCUT2D eigenvalue weighted by Gasteiger charge is -2.15. The van der Waals surface area contributed by atoms with E-state index >= 15 is 0 Å². The molecule has 0 spiro atoms. The first-order valence-electron chi connectivity index (χ1n) is 7.54. The molecule has 0 aromatic heterocycles. The van der Waals surface area contributed by atoms with E-state index < -0.39 is 0 Å². The fourth-order valence-electron chi connectivity index (χ4n) is 2.27. The van der Waals surface area contributed by atoms with Gasteiger partial charge < -0.3 is 0 Å². The van der Waals surface area contributed by atoms with Crippen molar-refractivity contribution in [2.24, 2.45) is 0 Å². The normalized spacial score (nSPS) is 12.9. The molecule has 1 rings (SSSR count). The summed E-state index contributed by atoms with van der Waals surface area (Å²) in [5.41, 5.74) is 7.74. The largest absolute Gasteiger partial charge is 0.0909 e. The van der Waals surface area contributed by atoms with Crippen molar-refractivity contribution in [3.63, 3.8) is 0 Å². The van der Waals surface area contributed by atoms with Gasteiger partial charge in [-0.2, -0.15) is 0 Å². The average Bonchev–Trinajstić information content (AvgIpc) is 2.45. The van der Waals surface area contributed by atoms with Crippen LogP contribution in [-0.2, 0) is 6.42 Å². The first-order valence-corrected chi connectivity index (χ1v) is 7.54. The van der Waals surface area contributed by atoms with Gasteiger partial charge in [-0.3, -0.25) is 0 Å². The fraction of sp³-hybridized carbons (Fsp3) is 0.400. The minimum atomic E-state index is 0.550. The summed E-state index contributed by atoms with van der Waals surface area (Å²) < 4.78 is 0. The molecule has 0 N–H and O–H groups in total. The Morgan fingerprint density at radius 1 is 1.25 bits per heavy atom. The third-order valence-electron chi connectivity index (χ3n) is 3.88. The molecule has 0 amide bonds. The van der Waals surface area contributed by atoms with E-state index in [1.807, 2.05) is 0 Å². The minimum Gasteiger partial charge on any atom is -0.0909 e. The third-order valence-corrected chi connectivity index (χ3v) is 3.88. The highest BCUT2D eigenvalue weighted by molar-refractivity contribution is 5.79. The average molecular weight is 268 g/mol. The Labute approximate surface area is 124 Å². The van der Waals surface area contributed by atoms with Gasteiger partial charge in [-0.05, 0) is 60.9 Å². The maximum atomic E-state index is 4.33. The van der Waals surface area contributed by atoms with Crippen molar-refractivity contribution in [1.82, 2.24) is 0 Å². The zero-order valence-corrected chi connectivity index (χ0v) is 13.9. The highest BCUT2D eigenvalue weighted by atomic mass is 14.1. The lowest BCUT2D eigenvalue weighted by molar-refractivity contribution is 0.864. The molecule has 0 nitrogen and oxygen atoms in total. The summed E-state index contributed by atoms with van der Waals surface area (Å²) in [5.74, 6) is 0.550. The molecule has 0 atom stereocenters. The van der Waals surface area contributed by atoms with Crippen LogP contribution in [-0.4, -0.2) is 0 Å². The molecule has 108 valence electrons. The highest BCUT2D eigenvalue weighted by Crippen LogP contribution is 2.29. The Balaban J connectivity index is 3.26. The maximum Gasteiger partial charge on any atom is -0.0152 e. The Bertz CT molecular complexity index is 539. The van der Waals surface area contributed by atoms with Crippen molar-refractivity contribution in [3.05, 3.63) is 64.8 Å². The van der Waals surface area contributed by atoms with Crippen LogP contribution in [0.1, 0.15) is 64.2 Å². The van der Waals surface area contributed by atoms with Crippen molar-refractivity contribution in [1.29, 1.82) is 0 Å². The van der Waals surface area contributed by atoms with Gasteiger partial charge in [-0.25, -0.2) is 0 Å². The molecule has 0 saturated carbocycles. The molecule has 1 aromatic carbocycles. The van der Waals surface area contributed by atoms with Gasteiger partial charge in [0.15, 0.2) is 0 Å². The van der Waals surface area contributed by atoms with Crippen LogP contribution in [0.15, 0.2) is 48.1 Å². The quantitative estimate of drug-likeness (QED) is 0.550. The summed E-state index contributed by atoms with van der Waals surface area (Å²) in [5, 5.41) is 0. The van der Waals surface area contributed by atoms with E-state index in [1.165, 1.54) is 27.8 Å². The zero-order valence-electron chi connectivity index (χ0n) is 13.9. The lowest BCUT2D eigenvalue weighted by Crippen LogP contribution is -1.97. The second kappa shape index (κ2) is 7.28. The summed E-state index contributed by atoms with van der Waals surface area (Å²) in [4.78, 5) is 0. The van der Waals surface area contributed by atoms with Gasteiger partial charge in [0.2, 0.25) is 0 Å². The van der Waals surface area contributed by atoms with Crippen molar-refractivity contribution in [2.75, 3.05) is 0 Å². The molecule has 0 heteroatoms. The highest BCUT2D eigenvalue weighted by Gasteiger charge is 2.09. The van der Waals surface area contributed by atoms with Gasteiger partial charge in [0.25, 0.3) is 0 Å². The second-order valence-electron chi connectivity index (χ2n) is 5.76. The van der Waals surface area contributed by atoms with E-state index in [-0.39, 0.29) is 0 Å². The van der Waals surface area contributed by atoms with E-state index in [0.717, 1.165) is 12.0 Å². The SMILES string of the molecule is C=C(C(C)=CC(C)=CC)c1cc(C(C)C)ccc1CC. The molecule has 0 unspecified atom stereocenters. The first-order chi connectivity index (χ1) is 9.40. The predicted octanol–water partition coefficient (Wildman–Crippen LogP) is 6.30. The standard InChI is InChI=1S/C20H28/c1-8-15(5)12-16(6)17(7)20-13-19(14(3)4)11-10-18(20)9-2/h8,10-14H,7,9H2,1-6H3. The topological polar surface area (TPSA) is 0 Å². The molecule has 0 fully saturated rings. The van der Waals surface area contributed by atoms with E-state index in [9.17, 15) is 0 Å². The summed E-state index contributed by atoms with van der Waals surface area (Å²) in [6.07, 6.45) is 5.38. The first kappa shape index (κ1) is 16.5. The molecule has 0 aliphatic heterocycles. The number of rotatable bonds is 5. The van der Waals surface area contributed by atoms with Gasteiger partial charge in [0, 0.05) is 0 Å². The third kappa shape index (κ3) is 3.96. The van der Waals surface area contributed by atoms with Crippen molar-refractivity contribution in [3.8, 4) is 0 Å². The number of benzene rings is 1. The van der Waals surface area contributed by atoms with Crippen LogP contribution in [0.4, 0.5) is 0 Å². The van der Waals surface area contributed by atoms with Crippen LogP contribution in [0.2, 0.25) is 0 Å². The van der Waals surface area contributed by atoms with Crippen molar-refractivity contribution >= 4 is 5.57 Å². The van der Waals surface area contributed by atoms with Gasteiger partial charge in [0.05, 0.1) is 0 Å². The maximum absolute atomic E-state index is 4.33. The molecule has 0 bridgehead atoms. The Morgan fingerprint density at radius 3 is 2.40 bits per heavy atom. The second-order valence-corrected chi connectivity index (χ2v) is 5.76. The monoisotopic (exact) mass is 268 g/mol. The van der Waals surface area contributed by atoms with E-state index in [1.54, 1.807) is 0 Å². The summed E-state index contributed by atoms with van der Waals surface area (Å²) >= 11 is 0. The van der Waals surface area contributed by atoms with Crippen LogP contribution in [0, 0.1) is 0 Å². The zero-order chi connectivity index (χ0) is 15.3. The molecular weight excluding hydrogens is 240 g/mol. The number of aryl methyl sites for hydroxylation is 1. The van der Waals surface area contributed by atoms with Gasteiger partial charge in [0.1, 0.15) is 0 Å². The smallest absolute Gasteiger partial charge is 0.0152 e. The van der Waals surface area contributed by atoms with Crippen LogP contribution in [0.5, 0.6) is 0 Å². The van der Waals surface area contributed by atoms with Crippen molar-refractivity contribution < 1.29 is 0 Å². The van der Waals surface area contributed by atoms with Crippen molar-refractivity contribution in [2.45, 2.75) is 53.9 Å². The van der Waals surface area contributed by atoms with E-state index in [0.29, 0.717) is 5.92 Å². The van der Waals surface area contributed by atoms with Gasteiger partial charge >= 0.3 is 0 Å². The molecule has 0 radical (unpaired) electrons. The molecule has 0 aliphatic rings. The lowest BCUT2D eigenvalue weighted by atomic mass is 9.89. The minimum absolute atomic E-state index is 0.550. The summed E-state index contributed by atoms with van der Waals surface area (Å²) in [6, 6.07) is 6.82. The molecule has 0 saturated heterocycles. The van der Waals surface area contributed by atoms with Gasteiger partial charge in [-0.1, -0.05) is 63.3 Å². The Morgan fingerprint density at radius 2 is 1.90 bits per heavy atom. The predicted molar refractivity (Wildman–Crippen MR) is 92.1 cm³/mol. The molecule has 20 heavy (non-hydrogen) atoms.